The third kappa shape index (κ3) is 7.55. The van der Waals surface area contributed by atoms with Crippen LogP contribution < -0.4 is 20.2 Å². The first kappa shape index (κ1) is 29.6. The summed E-state index contributed by atoms with van der Waals surface area (Å²) in [7, 11) is -2.06. The molecule has 0 aliphatic heterocycles. The molecule has 0 radical (unpaired) electrons. The van der Waals surface area contributed by atoms with E-state index in [1.807, 2.05) is 32.9 Å². The summed E-state index contributed by atoms with van der Waals surface area (Å²) in [6.07, 6.45) is 2.86. The Kier molecular flexibility index (Phi) is 10.0. The minimum absolute atomic E-state index is 0.124. The van der Waals surface area contributed by atoms with Crippen LogP contribution in [0.4, 0.5) is 11.5 Å². The molecule has 1 aromatic heterocycles. The van der Waals surface area contributed by atoms with Crippen LogP contribution in [0, 0.1) is 20.8 Å². The summed E-state index contributed by atoms with van der Waals surface area (Å²) < 4.78 is 37.7. The molecule has 1 amide bonds. The number of hydrogen-bond donors (Lipinski definition) is 2. The van der Waals surface area contributed by atoms with Crippen molar-refractivity contribution >= 4 is 33.7 Å². The fraction of sp³-hybridized carbons (Fsp3) is 0.321. The number of hydrazone groups is 1. The Bertz CT molecular complexity index is 1410. The lowest BCUT2D eigenvalue weighted by Crippen LogP contribution is -2.30. The van der Waals surface area contributed by atoms with E-state index in [2.05, 4.69) is 20.8 Å². The highest BCUT2D eigenvalue weighted by atomic mass is 32.2. The van der Waals surface area contributed by atoms with Gasteiger partial charge in [0.05, 0.1) is 13.3 Å². The predicted molar refractivity (Wildman–Crippen MR) is 153 cm³/mol. The molecule has 0 bridgehead atoms. The number of ether oxygens (including phenoxy) is 2. The summed E-state index contributed by atoms with van der Waals surface area (Å²) in [6, 6.07) is 12.3. The molecule has 0 aliphatic carbocycles. The summed E-state index contributed by atoms with van der Waals surface area (Å²) >= 11 is 0. The van der Waals surface area contributed by atoms with Crippen LogP contribution in [-0.4, -0.2) is 56.6 Å². The summed E-state index contributed by atoms with van der Waals surface area (Å²) in [5, 5.41) is 7.08. The summed E-state index contributed by atoms with van der Waals surface area (Å²) in [5.74, 6) is 0.979. The number of hydrogen-bond acceptors (Lipinski definition) is 8. The number of aromatic nitrogens is 1. The van der Waals surface area contributed by atoms with Crippen LogP contribution in [0.15, 0.2) is 58.7 Å². The van der Waals surface area contributed by atoms with Gasteiger partial charge in [-0.2, -0.15) is 9.41 Å². The molecule has 3 rings (SSSR count). The lowest BCUT2D eigenvalue weighted by molar-refractivity contribution is -0.118. The number of aryl methyl sites for hydroxylation is 3. The van der Waals surface area contributed by atoms with E-state index >= 15 is 0 Å². The normalized spacial score (nSPS) is 11.6. The van der Waals surface area contributed by atoms with Gasteiger partial charge in [-0.15, -0.1) is 0 Å². The number of carbonyl (C=O) groups excluding carboxylic acids is 1. The molecular formula is C28H35N5O5S. The third-order valence-electron chi connectivity index (χ3n) is 5.96. The molecule has 2 N–H and O–H groups in total. The highest BCUT2D eigenvalue weighted by Crippen LogP contribution is 2.28. The van der Waals surface area contributed by atoms with Gasteiger partial charge in [0.25, 0.3) is 5.91 Å². The van der Waals surface area contributed by atoms with Crippen LogP contribution in [0.25, 0.3) is 0 Å². The number of carbonyl (C=O) groups is 1. The molecule has 0 unspecified atom stereocenters. The first-order valence-corrected chi connectivity index (χ1v) is 14.0. The van der Waals surface area contributed by atoms with Crippen molar-refractivity contribution in [1.29, 1.82) is 0 Å². The van der Waals surface area contributed by atoms with Gasteiger partial charge in [-0.05, 0) is 67.8 Å². The van der Waals surface area contributed by atoms with Gasteiger partial charge in [0, 0.05) is 25.0 Å². The molecule has 2 aromatic carbocycles. The van der Waals surface area contributed by atoms with Crippen molar-refractivity contribution in [2.75, 3.05) is 37.5 Å². The number of benzene rings is 2. The maximum Gasteiger partial charge on any atom is 0.262 e. The zero-order valence-corrected chi connectivity index (χ0v) is 23.9. The van der Waals surface area contributed by atoms with Crippen molar-refractivity contribution in [2.45, 2.75) is 39.5 Å². The van der Waals surface area contributed by atoms with E-state index in [4.69, 9.17) is 9.47 Å². The van der Waals surface area contributed by atoms with Crippen LogP contribution in [0.5, 0.6) is 11.5 Å². The van der Waals surface area contributed by atoms with Crippen LogP contribution >= 0.6 is 0 Å². The van der Waals surface area contributed by atoms with Crippen LogP contribution in [-0.2, 0) is 14.8 Å². The number of sulfonamides is 1. The van der Waals surface area contributed by atoms with E-state index in [1.54, 1.807) is 44.3 Å². The molecule has 39 heavy (non-hydrogen) atoms. The maximum absolute atomic E-state index is 12.6. The molecule has 0 saturated heterocycles. The molecule has 0 saturated carbocycles. The average Bonchev–Trinajstić information content (AvgIpc) is 2.90. The van der Waals surface area contributed by atoms with Crippen molar-refractivity contribution in [1.82, 2.24) is 9.29 Å². The zero-order chi connectivity index (χ0) is 28.6. The topological polar surface area (TPSA) is 122 Å². The molecule has 0 atom stereocenters. The molecule has 0 spiro atoms. The van der Waals surface area contributed by atoms with Crippen molar-refractivity contribution in [3.05, 3.63) is 70.9 Å². The van der Waals surface area contributed by atoms with E-state index in [9.17, 15) is 13.2 Å². The Balaban J connectivity index is 1.60. The number of anilines is 2. The first-order valence-electron chi connectivity index (χ1n) is 12.5. The average molecular weight is 554 g/mol. The van der Waals surface area contributed by atoms with Crippen molar-refractivity contribution in [3.63, 3.8) is 0 Å². The molecule has 0 aliphatic rings. The standard InChI is InChI=1S/C28H35N5O5S/c1-7-33(8-2)39(35,36)23-10-12-26(29-17-23)32-30-16-22-9-11-24(25(15-22)37-6)38-18-27(34)31-28-20(4)13-19(3)14-21(28)5/h9-17H,7-8,18H2,1-6H3,(H,29,32)(H,31,34). The predicted octanol–water partition coefficient (Wildman–Crippen LogP) is 4.51. The smallest absolute Gasteiger partial charge is 0.262 e. The maximum atomic E-state index is 12.6. The van der Waals surface area contributed by atoms with Crippen LogP contribution in [0.2, 0.25) is 0 Å². The molecule has 1 heterocycles. The first-order chi connectivity index (χ1) is 18.6. The molecule has 10 nitrogen and oxygen atoms in total. The fourth-order valence-electron chi connectivity index (χ4n) is 4.06. The largest absolute Gasteiger partial charge is 0.493 e. The Morgan fingerprint density at radius 1 is 1.03 bits per heavy atom. The fourth-order valence-corrected chi connectivity index (χ4v) is 5.47. The van der Waals surface area contributed by atoms with E-state index in [-0.39, 0.29) is 17.4 Å². The quantitative estimate of drug-likeness (QED) is 0.250. The minimum atomic E-state index is -3.57. The summed E-state index contributed by atoms with van der Waals surface area (Å²) in [5.41, 5.74) is 7.40. The number of amides is 1. The second kappa shape index (κ2) is 13.2. The van der Waals surface area contributed by atoms with E-state index in [0.29, 0.717) is 36.0 Å². The summed E-state index contributed by atoms with van der Waals surface area (Å²) in [6.45, 7) is 10.1. The number of pyridine rings is 1. The summed E-state index contributed by atoms with van der Waals surface area (Å²) in [4.78, 5) is 16.8. The van der Waals surface area contributed by atoms with Gasteiger partial charge in [-0.1, -0.05) is 31.5 Å². The number of nitrogens with one attached hydrogen (secondary N) is 2. The van der Waals surface area contributed by atoms with E-state index in [0.717, 1.165) is 22.4 Å². The van der Waals surface area contributed by atoms with Gasteiger partial charge in [0.2, 0.25) is 10.0 Å². The van der Waals surface area contributed by atoms with Crippen molar-refractivity contribution < 1.29 is 22.7 Å². The minimum Gasteiger partial charge on any atom is -0.493 e. The lowest BCUT2D eigenvalue weighted by Gasteiger charge is -2.18. The third-order valence-corrected chi connectivity index (χ3v) is 7.99. The molecule has 11 heteroatoms. The Morgan fingerprint density at radius 3 is 2.31 bits per heavy atom. The van der Waals surface area contributed by atoms with E-state index < -0.39 is 10.0 Å². The SMILES string of the molecule is CCN(CC)S(=O)(=O)c1ccc(NN=Cc2ccc(OCC(=O)Nc3c(C)cc(C)cc3C)c(OC)c2)nc1. The van der Waals surface area contributed by atoms with Crippen LogP contribution in [0.3, 0.4) is 0 Å². The monoisotopic (exact) mass is 553 g/mol. The molecule has 0 fully saturated rings. The number of methoxy groups -OCH3 is 1. The van der Waals surface area contributed by atoms with Gasteiger partial charge in [-0.25, -0.2) is 13.4 Å². The highest BCUT2D eigenvalue weighted by Gasteiger charge is 2.21. The van der Waals surface area contributed by atoms with Crippen molar-refractivity contribution in [2.24, 2.45) is 5.10 Å². The number of rotatable bonds is 12. The lowest BCUT2D eigenvalue weighted by atomic mass is 10.1. The number of nitrogens with zero attached hydrogens (tertiary/aromatic N) is 3. The van der Waals surface area contributed by atoms with E-state index in [1.165, 1.54) is 23.7 Å². The van der Waals surface area contributed by atoms with Crippen molar-refractivity contribution in [3.8, 4) is 11.5 Å². The van der Waals surface area contributed by atoms with Gasteiger partial charge < -0.3 is 14.8 Å². The Morgan fingerprint density at radius 2 is 1.72 bits per heavy atom. The van der Waals surface area contributed by atoms with Gasteiger partial charge in [0.15, 0.2) is 18.1 Å². The van der Waals surface area contributed by atoms with Gasteiger partial charge in [-0.3, -0.25) is 10.2 Å². The Hall–Kier alpha value is -3.96. The molecule has 3 aromatic rings. The zero-order valence-electron chi connectivity index (χ0n) is 23.1. The second-order valence-corrected chi connectivity index (χ2v) is 10.8. The van der Waals surface area contributed by atoms with Gasteiger partial charge in [0.1, 0.15) is 10.7 Å². The van der Waals surface area contributed by atoms with Crippen LogP contribution in [0.1, 0.15) is 36.1 Å². The highest BCUT2D eigenvalue weighted by molar-refractivity contribution is 7.89. The molecular weight excluding hydrogens is 518 g/mol. The second-order valence-electron chi connectivity index (χ2n) is 8.86. The van der Waals surface area contributed by atoms with Gasteiger partial charge >= 0.3 is 0 Å². The molecule has 208 valence electrons. The Labute approximate surface area is 230 Å².